The maximum Gasteiger partial charge on any atom is 1.00 e. The molecule has 3 aromatic rings. The van der Waals surface area contributed by atoms with E-state index in [2.05, 4.69) is 9.68 Å². The van der Waals surface area contributed by atoms with Crippen LogP contribution in [0.15, 0.2) is 45.9 Å². The van der Waals surface area contributed by atoms with Crippen molar-refractivity contribution >= 4 is 19.6 Å². The van der Waals surface area contributed by atoms with Crippen LogP contribution in [0.1, 0.15) is 0 Å². The van der Waals surface area contributed by atoms with Crippen LogP contribution in [-0.2, 0) is 4.57 Å². The molecule has 9 nitrogen and oxygen atoms in total. The van der Waals surface area contributed by atoms with Gasteiger partial charge in [-0.2, -0.15) is 0 Å². The van der Waals surface area contributed by atoms with E-state index in [0.717, 1.165) is 0 Å². The van der Waals surface area contributed by atoms with Gasteiger partial charge in [0.1, 0.15) is 13.6 Å². The van der Waals surface area contributed by atoms with Gasteiger partial charge in [0, 0.05) is 16.0 Å². The summed E-state index contributed by atoms with van der Waals surface area (Å²) < 4.78 is 37.4. The zero-order valence-corrected chi connectivity index (χ0v) is 23.0. The predicted octanol–water partition coefficient (Wildman–Crippen LogP) is -3.32. The SMILES string of the molecule is COc1cc(-c2oncc2-c2ccc(SC)c(OP(=O)([O-])[O-])c2)cc2c1OCO2.[Na+].[Na+]. The minimum Gasteiger partial charge on any atom is -0.780 e. The monoisotopic (exact) mass is 481 g/mol. The molecular formula is C18H14NNa2O8PS. The number of thioether (sulfide) groups is 1. The second kappa shape index (κ2) is 11.0. The number of phosphoric acid groups is 1. The van der Waals surface area contributed by atoms with Gasteiger partial charge in [-0.1, -0.05) is 11.2 Å². The third kappa shape index (κ3) is 5.83. The predicted molar refractivity (Wildman–Crippen MR) is 100 cm³/mol. The number of hydrogen-bond donors (Lipinski definition) is 0. The van der Waals surface area contributed by atoms with Crippen molar-refractivity contribution in [2.45, 2.75) is 4.90 Å². The van der Waals surface area contributed by atoms with E-state index in [9.17, 15) is 14.4 Å². The van der Waals surface area contributed by atoms with E-state index < -0.39 is 7.82 Å². The van der Waals surface area contributed by atoms with Gasteiger partial charge in [0.15, 0.2) is 17.3 Å². The van der Waals surface area contributed by atoms with Gasteiger partial charge in [-0.25, -0.2) is 0 Å². The van der Waals surface area contributed by atoms with E-state index in [1.165, 1.54) is 31.1 Å². The van der Waals surface area contributed by atoms with Crippen molar-refractivity contribution in [3.8, 4) is 45.4 Å². The molecule has 0 fully saturated rings. The summed E-state index contributed by atoms with van der Waals surface area (Å²) in [6.07, 6.45) is 3.23. The molecule has 13 heteroatoms. The number of fused-ring (bicyclic) bond motifs is 1. The van der Waals surface area contributed by atoms with E-state index in [4.69, 9.17) is 18.7 Å². The summed E-state index contributed by atoms with van der Waals surface area (Å²) in [5.74, 6) is 1.81. The topological polar surface area (TPSA) is 126 Å². The Morgan fingerprint density at radius 3 is 2.52 bits per heavy atom. The minimum absolute atomic E-state index is 0. The second-order valence-corrected chi connectivity index (χ2v) is 7.81. The van der Waals surface area contributed by atoms with Crippen LogP contribution in [0.25, 0.3) is 22.5 Å². The molecule has 0 aliphatic carbocycles. The molecule has 0 spiro atoms. The third-order valence-corrected chi connectivity index (χ3v) is 5.37. The number of hydrogen-bond acceptors (Lipinski definition) is 10. The van der Waals surface area contributed by atoms with Crippen LogP contribution >= 0.6 is 19.6 Å². The fraction of sp³-hybridized carbons (Fsp3) is 0.167. The maximum atomic E-state index is 11.1. The summed E-state index contributed by atoms with van der Waals surface area (Å²) in [6.45, 7) is 0.0830. The fourth-order valence-electron chi connectivity index (χ4n) is 2.95. The zero-order valence-electron chi connectivity index (χ0n) is 17.2. The molecule has 4 rings (SSSR count). The van der Waals surface area contributed by atoms with Gasteiger partial charge in [0.05, 0.1) is 13.3 Å². The summed E-state index contributed by atoms with van der Waals surface area (Å²) in [5, 5.41) is 3.86. The van der Waals surface area contributed by atoms with Crippen LogP contribution in [-0.4, -0.2) is 25.3 Å². The van der Waals surface area contributed by atoms with Crippen molar-refractivity contribution in [2.75, 3.05) is 20.2 Å². The Bertz CT molecular complexity index is 1120. The number of benzene rings is 2. The van der Waals surface area contributed by atoms with Crippen molar-refractivity contribution in [3.05, 3.63) is 36.5 Å². The summed E-state index contributed by atoms with van der Waals surface area (Å²) in [4.78, 5) is 22.7. The number of phosphoric ester groups is 1. The van der Waals surface area contributed by atoms with Crippen molar-refractivity contribution in [1.29, 1.82) is 0 Å². The van der Waals surface area contributed by atoms with E-state index in [0.29, 0.717) is 44.6 Å². The maximum absolute atomic E-state index is 11.1. The Labute approximate surface area is 226 Å². The Kier molecular flexibility index (Phi) is 9.42. The number of aromatic nitrogens is 1. The number of methoxy groups -OCH3 is 1. The molecule has 0 N–H and O–H groups in total. The average Bonchev–Trinajstić information content (AvgIpc) is 3.35. The molecule has 2 aromatic carbocycles. The number of rotatable bonds is 6. The standard InChI is InChI=1S/C18H16NO8PS.2Na/c1-23-14-6-11(7-15-18(14)25-9-24-15)17-12(8-19-26-17)10-3-4-16(29-2)13(5-10)27-28(20,21)22;;/h3-8H,9H2,1-2H3,(H2,20,21,22);;/q;2*+1/p-2. The molecule has 0 saturated heterocycles. The number of nitrogens with zero attached hydrogens (tertiary/aromatic N) is 1. The first-order valence-corrected chi connectivity index (χ1v) is 10.9. The molecule has 0 saturated carbocycles. The Balaban J connectivity index is 0.00000171. The molecule has 31 heavy (non-hydrogen) atoms. The van der Waals surface area contributed by atoms with Crippen molar-refractivity contribution < 1.29 is 96.7 Å². The molecule has 1 aromatic heterocycles. The Hall–Kier alpha value is -0.650. The molecule has 0 unspecified atom stereocenters. The summed E-state index contributed by atoms with van der Waals surface area (Å²) in [6, 6.07) is 8.30. The van der Waals surface area contributed by atoms with Crippen LogP contribution in [0.3, 0.4) is 0 Å². The largest absolute Gasteiger partial charge is 1.00 e. The average molecular weight is 481 g/mol. The summed E-state index contributed by atoms with van der Waals surface area (Å²) in [7, 11) is -3.70. The third-order valence-electron chi connectivity index (χ3n) is 4.18. The quantitative estimate of drug-likeness (QED) is 0.201. The van der Waals surface area contributed by atoms with Crippen molar-refractivity contribution in [3.63, 3.8) is 0 Å². The normalized spacial score (nSPS) is 12.0. The van der Waals surface area contributed by atoms with E-state index in [1.807, 2.05) is 0 Å². The van der Waals surface area contributed by atoms with Crippen LogP contribution in [0.5, 0.6) is 23.0 Å². The van der Waals surface area contributed by atoms with Crippen LogP contribution in [0, 0.1) is 0 Å². The van der Waals surface area contributed by atoms with Gasteiger partial charge in [0.25, 0.3) is 0 Å². The molecule has 0 bridgehead atoms. The smallest absolute Gasteiger partial charge is 0.780 e. The van der Waals surface area contributed by atoms with Gasteiger partial charge >= 0.3 is 59.1 Å². The molecular weight excluding hydrogens is 467 g/mol. The van der Waals surface area contributed by atoms with E-state index in [1.54, 1.807) is 30.5 Å². The van der Waals surface area contributed by atoms with E-state index >= 15 is 0 Å². The summed E-state index contributed by atoms with van der Waals surface area (Å²) >= 11 is 1.25. The van der Waals surface area contributed by atoms with E-state index in [-0.39, 0.29) is 71.7 Å². The van der Waals surface area contributed by atoms with Gasteiger partial charge in [-0.15, -0.1) is 11.8 Å². The molecule has 2 heterocycles. The Morgan fingerprint density at radius 2 is 1.84 bits per heavy atom. The van der Waals surface area contributed by atoms with Crippen molar-refractivity contribution in [2.24, 2.45) is 0 Å². The molecule has 152 valence electrons. The van der Waals surface area contributed by atoms with Gasteiger partial charge in [-0.3, -0.25) is 0 Å². The van der Waals surface area contributed by atoms with Crippen LogP contribution < -0.4 is 87.6 Å². The van der Waals surface area contributed by atoms with Crippen molar-refractivity contribution in [1.82, 2.24) is 5.16 Å². The Morgan fingerprint density at radius 1 is 1.10 bits per heavy atom. The first-order valence-electron chi connectivity index (χ1n) is 8.22. The molecule has 1 aliphatic rings. The number of ether oxygens (including phenoxy) is 3. The van der Waals surface area contributed by atoms with Crippen LogP contribution in [0.4, 0.5) is 0 Å². The first kappa shape index (κ1) is 26.6. The summed E-state index contributed by atoms with van der Waals surface area (Å²) in [5.41, 5.74) is 1.74. The van der Waals surface area contributed by atoms with Gasteiger partial charge < -0.3 is 37.6 Å². The minimum atomic E-state index is -5.21. The molecule has 1 aliphatic heterocycles. The van der Waals surface area contributed by atoms with Crippen LogP contribution in [0.2, 0.25) is 0 Å². The fourth-order valence-corrected chi connectivity index (χ4v) is 3.91. The second-order valence-electron chi connectivity index (χ2n) is 5.89. The zero-order chi connectivity index (χ0) is 20.6. The first-order chi connectivity index (χ1) is 13.9. The van der Waals surface area contributed by atoms with Gasteiger partial charge in [0.2, 0.25) is 12.5 Å². The molecule has 0 atom stereocenters. The van der Waals surface area contributed by atoms with Gasteiger partial charge in [-0.05, 0) is 36.1 Å². The molecule has 0 radical (unpaired) electrons. The molecule has 0 amide bonds.